The Morgan fingerprint density at radius 1 is 1.09 bits per heavy atom. The lowest BCUT2D eigenvalue weighted by atomic mass is 10.1. The Morgan fingerprint density at radius 3 is 2.17 bits per heavy atom. The Balaban J connectivity index is 1.99. The first kappa shape index (κ1) is 17.5. The summed E-state index contributed by atoms with van der Waals surface area (Å²) in [7, 11) is -3.21. The van der Waals surface area contributed by atoms with Crippen LogP contribution in [-0.2, 0) is 21.1 Å². The van der Waals surface area contributed by atoms with E-state index >= 15 is 0 Å². The predicted octanol–water partition coefficient (Wildman–Crippen LogP) is 3.16. The number of carbonyl (C=O) groups is 1. The molecule has 4 nitrogen and oxygen atoms in total. The molecule has 0 aromatic heterocycles. The van der Waals surface area contributed by atoms with Crippen molar-refractivity contribution >= 4 is 27.3 Å². The van der Waals surface area contributed by atoms with Crippen molar-refractivity contribution in [2.45, 2.75) is 24.3 Å². The second kappa shape index (κ2) is 7.15. The highest BCUT2D eigenvalue weighted by Crippen LogP contribution is 2.16. The Kier molecular flexibility index (Phi) is 5.44. The van der Waals surface area contributed by atoms with Gasteiger partial charge in [-0.3, -0.25) is 4.79 Å². The zero-order valence-corrected chi connectivity index (χ0v) is 14.5. The summed E-state index contributed by atoms with van der Waals surface area (Å²) < 4.78 is 22.9. The summed E-state index contributed by atoms with van der Waals surface area (Å²) in [5, 5.41) is 3.53. The van der Waals surface area contributed by atoms with Crippen molar-refractivity contribution in [3.63, 3.8) is 0 Å². The number of rotatable bonds is 5. The molecule has 122 valence electrons. The minimum atomic E-state index is -3.21. The molecular formula is C17H18ClNO3S. The quantitative estimate of drug-likeness (QED) is 0.899. The van der Waals surface area contributed by atoms with Crippen LogP contribution in [0.3, 0.4) is 0 Å². The summed E-state index contributed by atoms with van der Waals surface area (Å²) in [4.78, 5) is 12.3. The molecule has 0 saturated heterocycles. The first-order valence-electron chi connectivity index (χ1n) is 7.09. The minimum absolute atomic E-state index is 0.105. The third-order valence-electron chi connectivity index (χ3n) is 3.46. The number of halogens is 1. The molecule has 0 unspecified atom stereocenters. The van der Waals surface area contributed by atoms with Crippen molar-refractivity contribution < 1.29 is 13.2 Å². The van der Waals surface area contributed by atoms with Gasteiger partial charge in [-0.1, -0.05) is 35.9 Å². The van der Waals surface area contributed by atoms with E-state index < -0.39 is 9.84 Å². The first-order valence-corrected chi connectivity index (χ1v) is 9.36. The van der Waals surface area contributed by atoms with E-state index in [1.807, 2.05) is 19.1 Å². The van der Waals surface area contributed by atoms with E-state index in [0.717, 1.165) is 11.1 Å². The highest BCUT2D eigenvalue weighted by molar-refractivity contribution is 7.90. The lowest BCUT2D eigenvalue weighted by molar-refractivity contribution is -0.121. The maximum absolute atomic E-state index is 12.1. The van der Waals surface area contributed by atoms with Crippen LogP contribution in [0.4, 0.5) is 0 Å². The summed E-state index contributed by atoms with van der Waals surface area (Å²) in [6.07, 6.45) is 1.43. The van der Waals surface area contributed by atoms with Gasteiger partial charge in [-0.2, -0.15) is 0 Å². The Hall–Kier alpha value is -1.85. The molecule has 0 saturated carbocycles. The van der Waals surface area contributed by atoms with E-state index in [0.29, 0.717) is 5.02 Å². The van der Waals surface area contributed by atoms with E-state index in [1.165, 1.54) is 6.26 Å². The maximum atomic E-state index is 12.1. The molecule has 0 aliphatic rings. The fourth-order valence-corrected chi connectivity index (χ4v) is 2.92. The van der Waals surface area contributed by atoms with Crippen LogP contribution < -0.4 is 5.32 Å². The average Bonchev–Trinajstić information content (AvgIpc) is 2.49. The molecule has 2 aromatic rings. The monoisotopic (exact) mass is 351 g/mol. The fraction of sp³-hybridized carbons (Fsp3) is 0.235. The molecule has 0 radical (unpaired) electrons. The van der Waals surface area contributed by atoms with Gasteiger partial charge in [-0.05, 0) is 42.3 Å². The van der Waals surface area contributed by atoms with E-state index in [-0.39, 0.29) is 23.3 Å². The molecule has 0 fully saturated rings. The summed E-state index contributed by atoms with van der Waals surface area (Å²) >= 11 is 5.81. The zero-order valence-electron chi connectivity index (χ0n) is 12.9. The molecule has 1 amide bonds. The molecule has 1 N–H and O–H groups in total. The molecule has 6 heteroatoms. The number of hydrogen-bond acceptors (Lipinski definition) is 3. The largest absolute Gasteiger partial charge is 0.349 e. The third kappa shape index (κ3) is 5.08. The normalized spacial score (nSPS) is 12.7. The van der Waals surface area contributed by atoms with Crippen molar-refractivity contribution in [2.75, 3.05) is 6.26 Å². The van der Waals surface area contributed by atoms with E-state index in [4.69, 9.17) is 11.6 Å². The Morgan fingerprint density at radius 2 is 1.65 bits per heavy atom. The second-order valence-corrected chi connectivity index (χ2v) is 7.89. The van der Waals surface area contributed by atoms with E-state index in [9.17, 15) is 13.2 Å². The lowest BCUT2D eigenvalue weighted by Crippen LogP contribution is -2.28. The van der Waals surface area contributed by atoms with Crippen LogP contribution in [0.5, 0.6) is 0 Å². The van der Waals surface area contributed by atoms with Crippen LogP contribution in [0.15, 0.2) is 53.4 Å². The smallest absolute Gasteiger partial charge is 0.224 e. The molecule has 1 atom stereocenters. The summed E-state index contributed by atoms with van der Waals surface area (Å²) in [6, 6.07) is 13.4. The summed E-state index contributed by atoms with van der Waals surface area (Å²) in [5.74, 6) is -0.105. The van der Waals surface area contributed by atoms with Gasteiger partial charge in [0, 0.05) is 11.3 Å². The van der Waals surface area contributed by atoms with Crippen LogP contribution in [0.2, 0.25) is 5.02 Å². The fourth-order valence-electron chi connectivity index (χ4n) is 2.17. The van der Waals surface area contributed by atoms with E-state index in [1.54, 1.807) is 36.4 Å². The number of nitrogens with one attached hydrogen (secondary N) is 1. The van der Waals surface area contributed by atoms with Gasteiger partial charge >= 0.3 is 0 Å². The van der Waals surface area contributed by atoms with Crippen LogP contribution in [0, 0.1) is 0 Å². The molecule has 2 aromatic carbocycles. The first-order chi connectivity index (χ1) is 10.8. The van der Waals surface area contributed by atoms with E-state index in [2.05, 4.69) is 5.32 Å². The van der Waals surface area contributed by atoms with Gasteiger partial charge in [-0.25, -0.2) is 8.42 Å². The molecule has 23 heavy (non-hydrogen) atoms. The number of sulfone groups is 1. The standard InChI is InChI=1S/C17H18ClNO3S/c1-12(14-5-9-16(10-6-14)23(2,21)22)19-17(20)11-13-3-7-15(18)8-4-13/h3-10,12H,11H2,1-2H3,(H,19,20)/t12-/m1/s1. The van der Waals surface area contributed by atoms with Crippen molar-refractivity contribution in [1.29, 1.82) is 0 Å². The number of hydrogen-bond donors (Lipinski definition) is 1. The molecule has 0 aliphatic heterocycles. The van der Waals surface area contributed by atoms with Gasteiger partial charge in [-0.15, -0.1) is 0 Å². The second-order valence-electron chi connectivity index (χ2n) is 5.43. The van der Waals surface area contributed by atoms with Crippen LogP contribution in [-0.4, -0.2) is 20.6 Å². The van der Waals surface area contributed by atoms with Crippen LogP contribution >= 0.6 is 11.6 Å². The lowest BCUT2D eigenvalue weighted by Gasteiger charge is -2.15. The highest BCUT2D eigenvalue weighted by Gasteiger charge is 2.12. The topological polar surface area (TPSA) is 63.2 Å². The van der Waals surface area contributed by atoms with Crippen molar-refractivity contribution in [1.82, 2.24) is 5.32 Å². The van der Waals surface area contributed by atoms with Crippen LogP contribution in [0.1, 0.15) is 24.1 Å². The zero-order chi connectivity index (χ0) is 17.0. The third-order valence-corrected chi connectivity index (χ3v) is 4.84. The van der Waals surface area contributed by atoms with Gasteiger partial charge in [0.2, 0.25) is 5.91 Å². The van der Waals surface area contributed by atoms with Crippen molar-refractivity contribution in [3.05, 3.63) is 64.7 Å². The van der Waals surface area contributed by atoms with Gasteiger partial charge in [0.15, 0.2) is 9.84 Å². The molecule has 0 bridgehead atoms. The minimum Gasteiger partial charge on any atom is -0.349 e. The number of amides is 1. The molecule has 0 aliphatic carbocycles. The highest BCUT2D eigenvalue weighted by atomic mass is 35.5. The number of benzene rings is 2. The summed E-state index contributed by atoms with van der Waals surface area (Å²) in [6.45, 7) is 1.86. The molecular weight excluding hydrogens is 334 g/mol. The average molecular weight is 352 g/mol. The van der Waals surface area contributed by atoms with Crippen LogP contribution in [0.25, 0.3) is 0 Å². The van der Waals surface area contributed by atoms with Crippen molar-refractivity contribution in [2.24, 2.45) is 0 Å². The van der Waals surface area contributed by atoms with Gasteiger partial charge in [0.25, 0.3) is 0 Å². The van der Waals surface area contributed by atoms with Gasteiger partial charge in [0.05, 0.1) is 17.4 Å². The van der Waals surface area contributed by atoms with Crippen molar-refractivity contribution in [3.8, 4) is 0 Å². The van der Waals surface area contributed by atoms with Gasteiger partial charge < -0.3 is 5.32 Å². The Bertz CT molecular complexity index is 784. The Labute approximate surface area is 141 Å². The molecule has 0 heterocycles. The maximum Gasteiger partial charge on any atom is 0.224 e. The predicted molar refractivity (Wildman–Crippen MR) is 91.3 cm³/mol. The molecule has 2 rings (SSSR count). The summed E-state index contributed by atoms with van der Waals surface area (Å²) in [5.41, 5.74) is 1.73. The number of carbonyl (C=O) groups excluding carboxylic acids is 1. The molecule has 0 spiro atoms. The van der Waals surface area contributed by atoms with Gasteiger partial charge in [0.1, 0.15) is 0 Å². The SMILES string of the molecule is C[C@@H](NC(=O)Cc1ccc(Cl)cc1)c1ccc(S(C)(=O)=O)cc1.